The predicted molar refractivity (Wildman–Crippen MR) is 83.5 cm³/mol. The zero-order valence-electron chi connectivity index (χ0n) is 13.4. The first-order valence-electron chi connectivity index (χ1n) is 7.04. The van der Waals surface area contributed by atoms with Crippen LogP contribution in [0.25, 0.3) is 0 Å². The molecule has 0 bridgehead atoms. The van der Waals surface area contributed by atoms with Gasteiger partial charge < -0.3 is 14.8 Å². The van der Waals surface area contributed by atoms with Crippen LogP contribution in [-0.2, 0) is 9.47 Å². The fourth-order valence-corrected chi connectivity index (χ4v) is 1.48. The van der Waals surface area contributed by atoms with Crippen molar-refractivity contribution < 1.29 is 19.1 Å². The van der Waals surface area contributed by atoms with E-state index in [1.807, 2.05) is 0 Å². The molecular weight excluding hydrogens is 282 g/mol. The van der Waals surface area contributed by atoms with Crippen molar-refractivity contribution in [2.24, 2.45) is 0 Å². The predicted octanol–water partition coefficient (Wildman–Crippen LogP) is 2.74. The quantitative estimate of drug-likeness (QED) is 0.689. The van der Waals surface area contributed by atoms with Crippen LogP contribution < -0.4 is 5.32 Å². The molecule has 1 amide bonds. The zero-order valence-corrected chi connectivity index (χ0v) is 13.4. The van der Waals surface area contributed by atoms with Crippen molar-refractivity contribution in [2.45, 2.75) is 33.3 Å². The van der Waals surface area contributed by atoms with Crippen molar-refractivity contribution in [2.75, 3.05) is 13.2 Å². The van der Waals surface area contributed by atoms with Crippen LogP contribution in [0.1, 0.15) is 43.6 Å². The molecule has 1 aromatic rings. The van der Waals surface area contributed by atoms with Crippen LogP contribution in [-0.4, -0.2) is 30.8 Å². The lowest BCUT2D eigenvalue weighted by Crippen LogP contribution is -2.32. The van der Waals surface area contributed by atoms with Crippen molar-refractivity contribution in [3.05, 3.63) is 35.4 Å². The van der Waals surface area contributed by atoms with Gasteiger partial charge in [0.1, 0.15) is 5.60 Å². The average molecular weight is 303 g/mol. The fraction of sp³-hybridized carbons (Fsp3) is 0.412. The molecule has 22 heavy (non-hydrogen) atoms. The molecule has 0 heterocycles. The number of hydrogen-bond donors (Lipinski definition) is 1. The van der Waals surface area contributed by atoms with Crippen LogP contribution in [0.2, 0.25) is 0 Å². The number of alkyl carbamates (subject to hydrolysis) is 1. The maximum absolute atomic E-state index is 11.5. The van der Waals surface area contributed by atoms with E-state index in [9.17, 15) is 9.59 Å². The number of carbonyl (C=O) groups excluding carboxylic acids is 2. The van der Waals surface area contributed by atoms with E-state index >= 15 is 0 Å². The summed E-state index contributed by atoms with van der Waals surface area (Å²) in [5.41, 5.74) is 0.707. The number of esters is 1. The van der Waals surface area contributed by atoms with Crippen LogP contribution in [0.15, 0.2) is 24.3 Å². The molecule has 0 radical (unpaired) electrons. The molecule has 1 aromatic carbocycles. The highest BCUT2D eigenvalue weighted by Gasteiger charge is 2.14. The smallest absolute Gasteiger partial charge is 0.408 e. The Balaban J connectivity index is 2.48. The molecule has 0 saturated heterocycles. The minimum absolute atomic E-state index is 0.189. The Morgan fingerprint density at radius 1 is 1.18 bits per heavy atom. The normalized spacial score (nSPS) is 10.2. The molecule has 0 aliphatic carbocycles. The van der Waals surface area contributed by atoms with Crippen LogP contribution in [0.5, 0.6) is 0 Å². The molecule has 0 fully saturated rings. The molecule has 0 aromatic heterocycles. The van der Waals surface area contributed by atoms with Gasteiger partial charge >= 0.3 is 12.1 Å². The highest BCUT2D eigenvalue weighted by molar-refractivity contribution is 5.89. The van der Waals surface area contributed by atoms with Crippen LogP contribution in [0, 0.1) is 11.8 Å². The van der Waals surface area contributed by atoms with E-state index in [0.717, 1.165) is 5.56 Å². The SMILES string of the molecule is CCOC(=O)c1ccc(C#CCNC(=O)OC(C)(C)C)cc1. The summed E-state index contributed by atoms with van der Waals surface area (Å²) >= 11 is 0. The van der Waals surface area contributed by atoms with E-state index < -0.39 is 11.7 Å². The number of rotatable bonds is 3. The lowest BCUT2D eigenvalue weighted by Gasteiger charge is -2.18. The Bertz CT molecular complexity index is 573. The van der Waals surface area contributed by atoms with Crippen molar-refractivity contribution >= 4 is 12.1 Å². The Morgan fingerprint density at radius 2 is 1.82 bits per heavy atom. The third kappa shape index (κ3) is 6.80. The Hall–Kier alpha value is -2.48. The number of nitrogens with one attached hydrogen (secondary N) is 1. The molecule has 1 rings (SSSR count). The third-order valence-corrected chi connectivity index (χ3v) is 2.35. The summed E-state index contributed by atoms with van der Waals surface area (Å²) in [7, 11) is 0. The Kier molecular flexibility index (Phi) is 6.46. The Morgan fingerprint density at radius 3 is 2.36 bits per heavy atom. The summed E-state index contributed by atoms with van der Waals surface area (Å²) in [6, 6.07) is 6.77. The first-order valence-corrected chi connectivity index (χ1v) is 7.04. The average Bonchev–Trinajstić information content (AvgIpc) is 2.42. The molecular formula is C17H21NO4. The fourth-order valence-electron chi connectivity index (χ4n) is 1.48. The van der Waals surface area contributed by atoms with Gasteiger partial charge in [0.05, 0.1) is 18.7 Å². The molecule has 0 spiro atoms. The van der Waals surface area contributed by atoms with Gasteiger partial charge in [-0.2, -0.15) is 0 Å². The van der Waals surface area contributed by atoms with Gasteiger partial charge in [-0.05, 0) is 52.0 Å². The van der Waals surface area contributed by atoms with Gasteiger partial charge in [-0.25, -0.2) is 9.59 Å². The first-order chi connectivity index (χ1) is 10.3. The van der Waals surface area contributed by atoms with Gasteiger partial charge in [-0.15, -0.1) is 0 Å². The molecule has 118 valence electrons. The molecule has 0 atom stereocenters. The summed E-state index contributed by atoms with van der Waals surface area (Å²) < 4.78 is 9.98. The van der Waals surface area contributed by atoms with Crippen molar-refractivity contribution in [3.63, 3.8) is 0 Å². The number of carbonyl (C=O) groups is 2. The van der Waals surface area contributed by atoms with Crippen LogP contribution >= 0.6 is 0 Å². The first kappa shape index (κ1) is 17.6. The van der Waals surface area contributed by atoms with E-state index in [2.05, 4.69) is 17.2 Å². The lowest BCUT2D eigenvalue weighted by atomic mass is 10.1. The molecule has 5 nitrogen and oxygen atoms in total. The van der Waals surface area contributed by atoms with Crippen LogP contribution in [0.4, 0.5) is 4.79 Å². The molecule has 0 aliphatic rings. The Labute approximate surface area is 131 Å². The highest BCUT2D eigenvalue weighted by atomic mass is 16.6. The molecule has 0 aliphatic heterocycles. The topological polar surface area (TPSA) is 64.6 Å². The van der Waals surface area contributed by atoms with E-state index in [0.29, 0.717) is 12.2 Å². The van der Waals surface area contributed by atoms with Gasteiger partial charge in [-0.1, -0.05) is 11.8 Å². The molecule has 5 heteroatoms. The van der Waals surface area contributed by atoms with E-state index in [4.69, 9.17) is 9.47 Å². The van der Waals surface area contributed by atoms with Gasteiger partial charge in [0.25, 0.3) is 0 Å². The lowest BCUT2D eigenvalue weighted by molar-refractivity contribution is 0.0519. The summed E-state index contributed by atoms with van der Waals surface area (Å²) in [6.45, 7) is 7.68. The maximum atomic E-state index is 11.5. The maximum Gasteiger partial charge on any atom is 0.408 e. The van der Waals surface area contributed by atoms with E-state index in [1.54, 1.807) is 52.0 Å². The number of amides is 1. The minimum atomic E-state index is -0.527. The largest absolute Gasteiger partial charge is 0.462 e. The second kappa shape index (κ2) is 8.08. The van der Waals surface area contributed by atoms with Crippen LogP contribution in [0.3, 0.4) is 0 Å². The van der Waals surface area contributed by atoms with Gasteiger partial charge in [0.2, 0.25) is 0 Å². The van der Waals surface area contributed by atoms with Crippen molar-refractivity contribution in [1.29, 1.82) is 0 Å². The van der Waals surface area contributed by atoms with Gasteiger partial charge in [0.15, 0.2) is 0 Å². The monoisotopic (exact) mass is 303 g/mol. The third-order valence-electron chi connectivity index (χ3n) is 2.35. The second-order valence-corrected chi connectivity index (χ2v) is 5.46. The number of ether oxygens (including phenoxy) is 2. The zero-order chi connectivity index (χ0) is 16.6. The summed E-state index contributed by atoms with van der Waals surface area (Å²) in [5, 5.41) is 2.55. The van der Waals surface area contributed by atoms with Gasteiger partial charge in [0, 0.05) is 5.56 Å². The summed E-state index contributed by atoms with van der Waals surface area (Å²) in [4.78, 5) is 22.9. The molecule has 0 unspecified atom stereocenters. The molecule has 1 N–H and O–H groups in total. The van der Waals surface area contributed by atoms with Crippen molar-refractivity contribution in [1.82, 2.24) is 5.32 Å². The molecule has 0 saturated carbocycles. The van der Waals surface area contributed by atoms with E-state index in [-0.39, 0.29) is 12.5 Å². The number of hydrogen-bond acceptors (Lipinski definition) is 4. The van der Waals surface area contributed by atoms with E-state index in [1.165, 1.54) is 0 Å². The van der Waals surface area contributed by atoms with Crippen molar-refractivity contribution in [3.8, 4) is 11.8 Å². The summed E-state index contributed by atoms with van der Waals surface area (Å²) in [6.07, 6.45) is -0.501. The minimum Gasteiger partial charge on any atom is -0.462 e. The standard InChI is InChI=1S/C17H21NO4/c1-5-21-15(19)14-10-8-13(9-11-14)7-6-12-18-16(20)22-17(2,3)4/h8-11H,5,12H2,1-4H3,(H,18,20). The van der Waals surface area contributed by atoms with Gasteiger partial charge in [-0.3, -0.25) is 0 Å². The second-order valence-electron chi connectivity index (χ2n) is 5.46. The summed E-state index contributed by atoms with van der Waals surface area (Å²) in [5.74, 6) is 5.35. The highest BCUT2D eigenvalue weighted by Crippen LogP contribution is 2.06. The number of benzene rings is 1.